The number of rotatable bonds is 8. The molecule has 0 spiro atoms. The summed E-state index contributed by atoms with van der Waals surface area (Å²) in [4.78, 5) is 16.3. The van der Waals surface area contributed by atoms with Crippen molar-refractivity contribution in [2.45, 2.75) is 17.2 Å². The highest BCUT2D eigenvalue weighted by Crippen LogP contribution is 2.31. The van der Waals surface area contributed by atoms with Crippen LogP contribution in [-0.4, -0.2) is 46.7 Å². The first-order chi connectivity index (χ1) is 13.1. The molecule has 0 aliphatic carbocycles. The number of amides is 1. The quantitative estimate of drug-likeness (QED) is 0.445. The first-order valence-electron chi connectivity index (χ1n) is 7.85. The lowest BCUT2D eigenvalue weighted by Gasteiger charge is -2.07. The summed E-state index contributed by atoms with van der Waals surface area (Å²) in [6.45, 7) is 0. The number of aromatic nitrogens is 4. The van der Waals surface area contributed by atoms with Gasteiger partial charge in [0.2, 0.25) is 22.8 Å². The SMILES string of the molecule is COc1ccc(-c2noc(CCC(=O)Nc3nnc(SC)s3)n2)cc1OC. The van der Waals surface area contributed by atoms with Gasteiger partial charge in [0.1, 0.15) is 0 Å². The highest BCUT2D eigenvalue weighted by molar-refractivity contribution is 8.00. The van der Waals surface area contributed by atoms with E-state index in [-0.39, 0.29) is 12.3 Å². The first kappa shape index (κ1) is 19.1. The summed E-state index contributed by atoms with van der Waals surface area (Å²) in [5, 5.41) is 15.0. The van der Waals surface area contributed by atoms with Crippen LogP contribution in [0.2, 0.25) is 0 Å². The molecule has 142 valence electrons. The number of aryl methyl sites for hydroxylation is 1. The molecular formula is C16H17N5O4S2. The third kappa shape index (κ3) is 4.74. The number of nitrogens with one attached hydrogen (secondary N) is 1. The van der Waals surface area contributed by atoms with Crippen LogP contribution in [0.4, 0.5) is 5.13 Å². The lowest BCUT2D eigenvalue weighted by Crippen LogP contribution is -2.12. The third-order valence-electron chi connectivity index (χ3n) is 3.50. The average molecular weight is 407 g/mol. The molecule has 0 atom stereocenters. The van der Waals surface area contributed by atoms with Crippen molar-refractivity contribution in [3.8, 4) is 22.9 Å². The Bertz CT molecular complexity index is 927. The zero-order valence-corrected chi connectivity index (χ0v) is 16.5. The van der Waals surface area contributed by atoms with Crippen LogP contribution < -0.4 is 14.8 Å². The second-order valence-corrected chi connectivity index (χ2v) is 7.24. The van der Waals surface area contributed by atoms with E-state index >= 15 is 0 Å². The van der Waals surface area contributed by atoms with Crippen molar-refractivity contribution < 1.29 is 18.8 Å². The van der Waals surface area contributed by atoms with Gasteiger partial charge in [-0.1, -0.05) is 28.3 Å². The molecule has 1 N–H and O–H groups in total. The maximum absolute atomic E-state index is 12.0. The first-order valence-corrected chi connectivity index (χ1v) is 9.89. The van der Waals surface area contributed by atoms with E-state index in [0.717, 1.165) is 9.90 Å². The molecule has 3 rings (SSSR count). The van der Waals surface area contributed by atoms with Crippen LogP contribution in [-0.2, 0) is 11.2 Å². The molecule has 2 heterocycles. The van der Waals surface area contributed by atoms with Crippen LogP contribution in [0.25, 0.3) is 11.4 Å². The summed E-state index contributed by atoms with van der Waals surface area (Å²) in [6.07, 6.45) is 2.42. The number of carbonyl (C=O) groups excluding carboxylic acids is 1. The smallest absolute Gasteiger partial charge is 0.227 e. The molecule has 0 aliphatic heterocycles. The van der Waals surface area contributed by atoms with Gasteiger partial charge in [0.15, 0.2) is 15.8 Å². The van der Waals surface area contributed by atoms with Crippen LogP contribution in [0.15, 0.2) is 27.1 Å². The topological polar surface area (TPSA) is 112 Å². The van der Waals surface area contributed by atoms with Gasteiger partial charge in [-0.2, -0.15) is 4.98 Å². The van der Waals surface area contributed by atoms with Gasteiger partial charge in [-0.15, -0.1) is 10.2 Å². The van der Waals surface area contributed by atoms with Crippen LogP contribution in [0.1, 0.15) is 12.3 Å². The molecule has 0 saturated heterocycles. The van der Waals surface area contributed by atoms with Gasteiger partial charge in [0.05, 0.1) is 14.2 Å². The predicted octanol–water partition coefficient (Wildman–Crippen LogP) is 2.90. The number of methoxy groups -OCH3 is 2. The van der Waals surface area contributed by atoms with Crippen molar-refractivity contribution in [1.29, 1.82) is 0 Å². The molecule has 11 heteroatoms. The van der Waals surface area contributed by atoms with E-state index in [1.807, 2.05) is 12.3 Å². The fraction of sp³-hybridized carbons (Fsp3) is 0.312. The molecular weight excluding hydrogens is 390 g/mol. The molecule has 0 unspecified atom stereocenters. The maximum Gasteiger partial charge on any atom is 0.227 e. The average Bonchev–Trinajstić information content (AvgIpc) is 3.35. The number of thioether (sulfide) groups is 1. The normalized spacial score (nSPS) is 10.6. The number of hydrogen-bond donors (Lipinski definition) is 1. The van der Waals surface area contributed by atoms with Gasteiger partial charge in [0.25, 0.3) is 0 Å². The Hall–Kier alpha value is -2.66. The predicted molar refractivity (Wildman–Crippen MR) is 101 cm³/mol. The highest BCUT2D eigenvalue weighted by atomic mass is 32.2. The molecule has 9 nitrogen and oxygen atoms in total. The Morgan fingerprint density at radius 2 is 2.07 bits per heavy atom. The van der Waals surface area contributed by atoms with Crippen LogP contribution in [0, 0.1) is 0 Å². The Morgan fingerprint density at radius 3 is 2.78 bits per heavy atom. The number of nitrogens with zero attached hydrogens (tertiary/aromatic N) is 4. The lowest BCUT2D eigenvalue weighted by atomic mass is 10.2. The van der Waals surface area contributed by atoms with Gasteiger partial charge < -0.3 is 19.3 Å². The Morgan fingerprint density at radius 1 is 1.26 bits per heavy atom. The van der Waals surface area contributed by atoms with Crippen LogP contribution in [0.3, 0.4) is 0 Å². The number of benzene rings is 1. The Labute approximate surface area is 163 Å². The van der Waals surface area contributed by atoms with Crippen molar-refractivity contribution in [2.24, 2.45) is 0 Å². The number of anilines is 1. The second kappa shape index (κ2) is 8.82. The van der Waals surface area contributed by atoms with Gasteiger partial charge in [-0.05, 0) is 24.5 Å². The molecule has 0 bridgehead atoms. The molecule has 0 fully saturated rings. The van der Waals surface area contributed by atoms with Crippen LogP contribution >= 0.6 is 23.1 Å². The van der Waals surface area contributed by atoms with E-state index in [1.165, 1.54) is 23.1 Å². The van der Waals surface area contributed by atoms with E-state index in [4.69, 9.17) is 14.0 Å². The molecule has 1 amide bonds. The molecule has 3 aromatic rings. The summed E-state index contributed by atoms with van der Waals surface area (Å²) in [7, 11) is 3.13. The molecule has 2 aromatic heterocycles. The van der Waals surface area contributed by atoms with Crippen LogP contribution in [0.5, 0.6) is 11.5 Å². The molecule has 0 saturated carbocycles. The maximum atomic E-state index is 12.0. The number of hydrogen-bond acceptors (Lipinski definition) is 10. The van der Waals surface area contributed by atoms with Gasteiger partial charge in [-0.25, -0.2) is 0 Å². The van der Waals surface area contributed by atoms with Gasteiger partial charge in [-0.3, -0.25) is 4.79 Å². The minimum Gasteiger partial charge on any atom is -0.493 e. The summed E-state index contributed by atoms with van der Waals surface area (Å²) in [5.41, 5.74) is 0.727. The van der Waals surface area contributed by atoms with Crippen molar-refractivity contribution in [1.82, 2.24) is 20.3 Å². The van der Waals surface area contributed by atoms with Crippen molar-refractivity contribution in [3.05, 3.63) is 24.1 Å². The number of ether oxygens (including phenoxy) is 2. The van der Waals surface area contributed by atoms with Gasteiger partial charge >= 0.3 is 0 Å². The number of carbonyl (C=O) groups is 1. The fourth-order valence-electron chi connectivity index (χ4n) is 2.19. The summed E-state index contributed by atoms with van der Waals surface area (Å²) in [5.74, 6) is 1.78. The molecule has 1 aromatic carbocycles. The standard InChI is InChI=1S/C16H17N5O4S2/c1-23-10-5-4-9(8-11(10)24-2)14-18-13(25-21-14)7-6-12(22)17-15-19-20-16(26-3)27-15/h4-5,8H,6-7H2,1-3H3,(H,17,19,22). The summed E-state index contributed by atoms with van der Waals surface area (Å²) in [6, 6.07) is 5.34. The zero-order chi connectivity index (χ0) is 19.2. The Balaban J connectivity index is 1.60. The van der Waals surface area contributed by atoms with E-state index in [0.29, 0.717) is 34.8 Å². The highest BCUT2D eigenvalue weighted by Gasteiger charge is 2.14. The van der Waals surface area contributed by atoms with E-state index in [9.17, 15) is 4.79 Å². The van der Waals surface area contributed by atoms with Crippen molar-refractivity contribution >= 4 is 34.1 Å². The van der Waals surface area contributed by atoms with E-state index in [2.05, 4.69) is 25.7 Å². The second-order valence-electron chi connectivity index (χ2n) is 5.21. The molecule has 0 radical (unpaired) electrons. The fourth-order valence-corrected chi connectivity index (χ4v) is 3.38. The zero-order valence-electron chi connectivity index (χ0n) is 14.9. The monoisotopic (exact) mass is 407 g/mol. The van der Waals surface area contributed by atoms with Crippen molar-refractivity contribution in [2.75, 3.05) is 25.8 Å². The van der Waals surface area contributed by atoms with E-state index in [1.54, 1.807) is 26.4 Å². The minimum absolute atomic E-state index is 0.190. The largest absolute Gasteiger partial charge is 0.493 e. The molecule has 27 heavy (non-hydrogen) atoms. The lowest BCUT2D eigenvalue weighted by molar-refractivity contribution is -0.116. The van der Waals surface area contributed by atoms with Crippen molar-refractivity contribution in [3.63, 3.8) is 0 Å². The third-order valence-corrected chi connectivity index (χ3v) is 5.32. The van der Waals surface area contributed by atoms with Gasteiger partial charge in [0, 0.05) is 18.4 Å². The molecule has 0 aliphatic rings. The summed E-state index contributed by atoms with van der Waals surface area (Å²) < 4.78 is 16.5. The van der Waals surface area contributed by atoms with E-state index < -0.39 is 0 Å². The Kier molecular flexibility index (Phi) is 6.24. The summed E-state index contributed by atoms with van der Waals surface area (Å²) >= 11 is 2.80. The minimum atomic E-state index is -0.190.